The second-order valence-electron chi connectivity index (χ2n) is 6.57. The molecule has 1 aromatic heterocycles. The molecule has 0 spiro atoms. The van der Waals surface area contributed by atoms with Crippen LogP contribution in [-0.4, -0.2) is 21.9 Å². The van der Waals surface area contributed by atoms with Crippen LogP contribution in [0.25, 0.3) is 5.69 Å². The number of nitrogens with one attached hydrogen (secondary N) is 1. The first-order chi connectivity index (χ1) is 13.9. The van der Waals surface area contributed by atoms with E-state index >= 15 is 0 Å². The topological polar surface area (TPSA) is 100 Å². The van der Waals surface area contributed by atoms with Crippen molar-refractivity contribution in [1.82, 2.24) is 15.2 Å². The molecule has 2 aromatic carbocycles. The number of carbonyl (C=O) groups is 1. The Hall–Kier alpha value is -4.05. The molecule has 0 aliphatic carbocycles. The molecule has 29 heavy (non-hydrogen) atoms. The number of para-hydroxylation sites is 1. The smallest absolute Gasteiger partial charge is 0.266 e. The lowest BCUT2D eigenvalue weighted by atomic mass is 10.1. The van der Waals surface area contributed by atoms with Crippen LogP contribution >= 0.6 is 0 Å². The van der Waals surface area contributed by atoms with Gasteiger partial charge in [0.2, 0.25) is 0 Å². The van der Waals surface area contributed by atoms with Gasteiger partial charge in [0.25, 0.3) is 11.5 Å². The number of benzene rings is 2. The fourth-order valence-electron chi connectivity index (χ4n) is 2.79. The first kappa shape index (κ1) is 19.7. The van der Waals surface area contributed by atoms with E-state index in [4.69, 9.17) is 0 Å². The van der Waals surface area contributed by atoms with Crippen LogP contribution in [0.5, 0.6) is 0 Å². The molecule has 1 amide bonds. The molecule has 0 atom stereocenters. The number of rotatable bonds is 4. The predicted molar refractivity (Wildman–Crippen MR) is 110 cm³/mol. The summed E-state index contributed by atoms with van der Waals surface area (Å²) in [4.78, 5) is 25.3. The van der Waals surface area contributed by atoms with E-state index < -0.39 is 11.5 Å². The van der Waals surface area contributed by atoms with E-state index in [2.05, 4.69) is 15.6 Å². The summed E-state index contributed by atoms with van der Waals surface area (Å²) in [5, 5.41) is 17.6. The van der Waals surface area contributed by atoms with Crippen LogP contribution in [0.1, 0.15) is 38.3 Å². The van der Waals surface area contributed by atoms with Gasteiger partial charge in [-0.05, 0) is 38.0 Å². The van der Waals surface area contributed by atoms with E-state index in [1.54, 1.807) is 12.1 Å². The summed E-state index contributed by atoms with van der Waals surface area (Å²) in [6.07, 6.45) is 1.51. The third kappa shape index (κ3) is 4.12. The zero-order valence-corrected chi connectivity index (χ0v) is 16.3. The molecule has 1 heterocycles. The predicted octanol–water partition coefficient (Wildman–Crippen LogP) is 2.79. The Balaban J connectivity index is 1.98. The molecule has 1 N–H and O–H groups in total. The largest absolute Gasteiger partial charge is 0.292 e. The molecule has 0 saturated carbocycles. The number of hydrogen-bond donors (Lipinski definition) is 1. The van der Waals surface area contributed by atoms with Crippen molar-refractivity contribution >= 4 is 12.1 Å². The third-order valence-corrected chi connectivity index (χ3v) is 4.46. The minimum absolute atomic E-state index is 0.0366. The number of hydrazone groups is 1. The Morgan fingerprint density at radius 1 is 1.14 bits per heavy atom. The summed E-state index contributed by atoms with van der Waals surface area (Å²) in [5.74, 6) is -0.607. The van der Waals surface area contributed by atoms with Crippen molar-refractivity contribution < 1.29 is 4.79 Å². The van der Waals surface area contributed by atoms with Gasteiger partial charge in [0.15, 0.2) is 5.69 Å². The second kappa shape index (κ2) is 8.31. The number of hydrogen-bond acceptors (Lipinski definition) is 5. The Bertz CT molecular complexity index is 1200. The van der Waals surface area contributed by atoms with Crippen molar-refractivity contribution in [2.45, 2.75) is 20.8 Å². The molecule has 0 aliphatic heterocycles. The van der Waals surface area contributed by atoms with Gasteiger partial charge in [-0.15, -0.1) is 0 Å². The quantitative estimate of drug-likeness (QED) is 0.551. The van der Waals surface area contributed by atoms with Crippen molar-refractivity contribution in [2.24, 2.45) is 5.10 Å². The molecule has 144 valence electrons. The molecule has 7 heteroatoms. The maximum Gasteiger partial charge on any atom is 0.292 e. The maximum absolute atomic E-state index is 12.7. The first-order valence-corrected chi connectivity index (χ1v) is 8.92. The lowest BCUT2D eigenvalue weighted by Gasteiger charge is -2.12. The fraction of sp³-hybridized carbons (Fsp3) is 0.136. The van der Waals surface area contributed by atoms with Crippen molar-refractivity contribution in [3.63, 3.8) is 0 Å². The summed E-state index contributed by atoms with van der Waals surface area (Å²) in [6.45, 7) is 5.32. The lowest BCUT2D eigenvalue weighted by molar-refractivity contribution is 0.0947. The Kier molecular flexibility index (Phi) is 5.65. The minimum Gasteiger partial charge on any atom is -0.266 e. The number of carbonyl (C=O) groups excluding carboxylic acids is 1. The van der Waals surface area contributed by atoms with Crippen LogP contribution in [0.4, 0.5) is 0 Å². The zero-order chi connectivity index (χ0) is 21.0. The molecule has 0 saturated heterocycles. The van der Waals surface area contributed by atoms with E-state index in [0.29, 0.717) is 5.69 Å². The first-order valence-electron chi connectivity index (χ1n) is 8.92. The van der Waals surface area contributed by atoms with Gasteiger partial charge >= 0.3 is 0 Å². The van der Waals surface area contributed by atoms with Crippen LogP contribution in [0.2, 0.25) is 0 Å². The zero-order valence-electron chi connectivity index (χ0n) is 16.3. The summed E-state index contributed by atoms with van der Waals surface area (Å²) in [7, 11) is 0. The summed E-state index contributed by atoms with van der Waals surface area (Å²) in [6, 6.07) is 16.6. The van der Waals surface area contributed by atoms with E-state index in [9.17, 15) is 14.9 Å². The molecule has 0 radical (unpaired) electrons. The monoisotopic (exact) mass is 385 g/mol. The summed E-state index contributed by atoms with van der Waals surface area (Å²) < 4.78 is 1.08. The maximum atomic E-state index is 12.7. The number of aromatic nitrogens is 2. The number of nitrogens with zero attached hydrogens (tertiary/aromatic N) is 4. The van der Waals surface area contributed by atoms with Gasteiger partial charge in [-0.25, -0.2) is 5.43 Å². The van der Waals surface area contributed by atoms with Gasteiger partial charge in [-0.2, -0.15) is 20.1 Å². The van der Waals surface area contributed by atoms with Crippen LogP contribution in [0.15, 0.2) is 58.4 Å². The third-order valence-electron chi connectivity index (χ3n) is 4.46. The summed E-state index contributed by atoms with van der Waals surface area (Å²) in [5.41, 5.74) is 5.13. The highest BCUT2D eigenvalue weighted by atomic mass is 16.2. The van der Waals surface area contributed by atoms with Crippen molar-refractivity contribution in [3.05, 3.63) is 92.4 Å². The van der Waals surface area contributed by atoms with Gasteiger partial charge in [-0.1, -0.05) is 48.0 Å². The van der Waals surface area contributed by atoms with E-state index in [1.165, 1.54) is 13.1 Å². The number of aryl methyl sites for hydroxylation is 2. The van der Waals surface area contributed by atoms with Crippen molar-refractivity contribution in [3.8, 4) is 11.8 Å². The van der Waals surface area contributed by atoms with Gasteiger partial charge in [0, 0.05) is 5.56 Å². The summed E-state index contributed by atoms with van der Waals surface area (Å²) >= 11 is 0. The second-order valence-corrected chi connectivity index (χ2v) is 6.57. The molecule has 3 aromatic rings. The Morgan fingerprint density at radius 2 is 1.83 bits per heavy atom. The number of nitriles is 1. The highest BCUT2D eigenvalue weighted by Crippen LogP contribution is 2.13. The molecule has 0 fully saturated rings. The van der Waals surface area contributed by atoms with E-state index in [1.807, 2.05) is 56.3 Å². The molecule has 0 aliphatic rings. The Morgan fingerprint density at radius 3 is 2.48 bits per heavy atom. The van der Waals surface area contributed by atoms with Crippen molar-refractivity contribution in [2.75, 3.05) is 0 Å². The molecule has 3 rings (SSSR count). The van der Waals surface area contributed by atoms with Gasteiger partial charge in [0.1, 0.15) is 11.6 Å². The molecular formula is C22H19N5O2. The standard InChI is InChI=1S/C22H19N5O2/c1-14-8-10-17(11-9-14)13-24-25-21(28)20-16(3)18(12-23)22(29)27(26-20)19-7-5-4-6-15(19)2/h4-11,13H,1-3H3,(H,25,28)/b24-13-. The van der Waals surface area contributed by atoms with Crippen LogP contribution in [0.3, 0.4) is 0 Å². The van der Waals surface area contributed by atoms with Crippen LogP contribution in [-0.2, 0) is 0 Å². The van der Waals surface area contributed by atoms with Crippen LogP contribution in [0, 0.1) is 32.1 Å². The van der Waals surface area contributed by atoms with Gasteiger partial charge in [0.05, 0.1) is 11.9 Å². The molecule has 7 nitrogen and oxygen atoms in total. The normalized spacial score (nSPS) is 10.7. The highest BCUT2D eigenvalue weighted by Gasteiger charge is 2.20. The molecule has 0 bridgehead atoms. The van der Waals surface area contributed by atoms with E-state index in [0.717, 1.165) is 21.4 Å². The number of amides is 1. The van der Waals surface area contributed by atoms with Crippen molar-refractivity contribution in [1.29, 1.82) is 5.26 Å². The molecule has 0 unspecified atom stereocenters. The Labute approximate surface area is 167 Å². The average molecular weight is 385 g/mol. The van der Waals surface area contributed by atoms with Crippen LogP contribution < -0.4 is 11.0 Å². The highest BCUT2D eigenvalue weighted by molar-refractivity contribution is 5.94. The minimum atomic E-state index is -0.607. The van der Waals surface area contributed by atoms with E-state index in [-0.39, 0.29) is 16.8 Å². The van der Waals surface area contributed by atoms with Gasteiger partial charge < -0.3 is 0 Å². The lowest BCUT2D eigenvalue weighted by Crippen LogP contribution is -2.31. The fourth-order valence-corrected chi connectivity index (χ4v) is 2.79. The SMILES string of the molecule is Cc1ccc(/C=N\NC(=O)c2nn(-c3ccccc3C)c(=O)c(C#N)c2C)cc1. The average Bonchev–Trinajstić information content (AvgIpc) is 2.71. The van der Waals surface area contributed by atoms with Gasteiger partial charge in [-0.3, -0.25) is 9.59 Å². The molecular weight excluding hydrogens is 366 g/mol.